The number of nitrogens with one attached hydrogen (secondary N) is 3. The fourth-order valence-electron chi connectivity index (χ4n) is 4.55. The summed E-state index contributed by atoms with van der Waals surface area (Å²) >= 11 is 0. The minimum absolute atomic E-state index is 0.0217. The number of alkyl halides is 3. The molecule has 2 heterocycles. The number of aryl methyl sites for hydroxylation is 2. The highest BCUT2D eigenvalue weighted by molar-refractivity contribution is 6.46. The zero-order valence-corrected chi connectivity index (χ0v) is 21.8. The summed E-state index contributed by atoms with van der Waals surface area (Å²) in [6.07, 6.45) is -1.60. The van der Waals surface area contributed by atoms with Gasteiger partial charge in [-0.25, -0.2) is 9.78 Å². The van der Waals surface area contributed by atoms with Crippen molar-refractivity contribution in [3.8, 4) is 16.8 Å². The average Bonchev–Trinajstić information content (AvgIpc) is 3.54. The molecule has 40 heavy (non-hydrogen) atoms. The van der Waals surface area contributed by atoms with Crippen molar-refractivity contribution in [2.75, 3.05) is 17.7 Å². The summed E-state index contributed by atoms with van der Waals surface area (Å²) in [7, 11) is 1.56. The second-order valence-electron chi connectivity index (χ2n) is 9.41. The lowest BCUT2D eigenvalue weighted by atomic mass is 9.95. The first-order valence-corrected chi connectivity index (χ1v) is 12.3. The Morgan fingerprint density at radius 3 is 2.40 bits per heavy atom. The van der Waals surface area contributed by atoms with Gasteiger partial charge in [0.2, 0.25) is 0 Å². The molecule has 5 rings (SSSR count). The molecule has 0 aliphatic carbocycles. The van der Waals surface area contributed by atoms with E-state index < -0.39 is 17.8 Å². The third-order valence-electron chi connectivity index (χ3n) is 6.53. The lowest BCUT2D eigenvalue weighted by Crippen LogP contribution is -2.27. The van der Waals surface area contributed by atoms with Gasteiger partial charge in [0.05, 0.1) is 24.1 Å². The van der Waals surface area contributed by atoms with Crippen molar-refractivity contribution < 1.29 is 22.8 Å². The lowest BCUT2D eigenvalue weighted by molar-refractivity contribution is -0.137. The Balaban J connectivity index is 1.37. The molecule has 1 aliphatic heterocycles. The molecule has 0 bridgehead atoms. The third-order valence-corrected chi connectivity index (χ3v) is 6.53. The number of anilines is 2. The van der Waals surface area contributed by atoms with Crippen molar-refractivity contribution in [3.63, 3.8) is 0 Å². The number of hydrogen-bond acceptors (Lipinski definition) is 4. The Bertz CT molecular complexity index is 1670. The number of aliphatic imine (C=N–C) groups is 1. The average molecular weight is 547 g/mol. The number of rotatable bonds is 5. The molecule has 0 atom stereocenters. The van der Waals surface area contributed by atoms with Crippen LogP contribution in [0.4, 0.5) is 29.3 Å². The minimum Gasteiger partial charge on any atom is -0.354 e. The molecule has 3 aromatic carbocycles. The lowest BCUT2D eigenvalue weighted by Gasteiger charge is -2.15. The molecule has 1 aromatic heterocycles. The fraction of sp³-hybridized carbons (Fsp3) is 0.172. The summed E-state index contributed by atoms with van der Waals surface area (Å²) in [6, 6.07) is 13.7. The maximum absolute atomic E-state index is 13.6. The van der Waals surface area contributed by atoms with Crippen LogP contribution in [0.3, 0.4) is 0 Å². The van der Waals surface area contributed by atoms with Gasteiger partial charge >= 0.3 is 12.2 Å². The monoisotopic (exact) mass is 546 g/mol. The normalized spacial score (nSPS) is 12.5. The Labute approximate surface area is 228 Å². The molecule has 204 valence electrons. The van der Waals surface area contributed by atoms with Gasteiger partial charge in [-0.15, -0.1) is 0 Å². The number of benzene rings is 3. The van der Waals surface area contributed by atoms with Crippen molar-refractivity contribution in [2.45, 2.75) is 26.6 Å². The standard InChI is InChI=1S/C29H25F3N6O2/c1-16-4-6-21(12-25(16)18-5-7-24-19(8-18)13-34-26(24)27(39)33-3)36-28(40)37-22-9-20(29(30,31)32)10-23(11-22)38-14-17(2)35-15-38/h4-12,14-15H,13H2,1-3H3,(H,33,39)(H2,36,37,40). The molecule has 8 nitrogen and oxygen atoms in total. The molecule has 0 radical (unpaired) electrons. The Kier molecular flexibility index (Phi) is 6.88. The van der Waals surface area contributed by atoms with Crippen molar-refractivity contribution in [2.24, 2.45) is 4.99 Å². The first-order chi connectivity index (χ1) is 19.0. The van der Waals surface area contributed by atoms with Gasteiger partial charge in [0, 0.05) is 35.9 Å². The van der Waals surface area contributed by atoms with E-state index in [9.17, 15) is 22.8 Å². The van der Waals surface area contributed by atoms with E-state index in [1.54, 1.807) is 32.3 Å². The van der Waals surface area contributed by atoms with E-state index in [2.05, 4.69) is 25.9 Å². The maximum atomic E-state index is 13.6. The molecule has 3 N–H and O–H groups in total. The topological polar surface area (TPSA) is 100 Å². The number of carbonyl (C=O) groups is 2. The summed E-state index contributed by atoms with van der Waals surface area (Å²) < 4.78 is 42.2. The van der Waals surface area contributed by atoms with Crippen molar-refractivity contribution in [3.05, 3.63) is 95.1 Å². The van der Waals surface area contributed by atoms with Crippen LogP contribution in [0.25, 0.3) is 16.8 Å². The zero-order valence-electron chi connectivity index (χ0n) is 21.8. The quantitative estimate of drug-likeness (QED) is 0.292. The first kappa shape index (κ1) is 26.7. The Morgan fingerprint density at radius 2 is 1.70 bits per heavy atom. The van der Waals surface area contributed by atoms with E-state index in [4.69, 9.17) is 0 Å². The number of halogens is 3. The van der Waals surface area contributed by atoms with E-state index in [1.165, 1.54) is 17.0 Å². The third kappa shape index (κ3) is 5.44. The van der Waals surface area contributed by atoms with Gasteiger partial charge in [0.1, 0.15) is 5.71 Å². The summed E-state index contributed by atoms with van der Waals surface area (Å²) in [6.45, 7) is 4.05. The molecule has 4 aromatic rings. The number of amides is 3. The number of hydrogen-bond donors (Lipinski definition) is 3. The van der Waals surface area contributed by atoms with Gasteiger partial charge in [-0.3, -0.25) is 9.79 Å². The number of urea groups is 1. The predicted octanol–water partition coefficient (Wildman–Crippen LogP) is 5.87. The van der Waals surface area contributed by atoms with Gasteiger partial charge in [0.25, 0.3) is 5.91 Å². The van der Waals surface area contributed by atoms with Crippen LogP contribution in [0.1, 0.15) is 27.9 Å². The first-order valence-electron chi connectivity index (χ1n) is 12.3. The number of likely N-dealkylation sites (N-methyl/N-ethyl adjacent to an activating group) is 1. The molecule has 0 saturated carbocycles. The summed E-state index contributed by atoms with van der Waals surface area (Å²) in [5, 5.41) is 7.81. The molecule has 0 spiro atoms. The predicted molar refractivity (Wildman–Crippen MR) is 147 cm³/mol. The Hall–Kier alpha value is -4.93. The number of nitrogens with zero attached hydrogens (tertiary/aromatic N) is 3. The van der Waals surface area contributed by atoms with Gasteiger partial charge in [0.15, 0.2) is 0 Å². The fourth-order valence-corrected chi connectivity index (χ4v) is 4.55. The molecule has 11 heteroatoms. The van der Waals surface area contributed by atoms with Gasteiger partial charge in [-0.1, -0.05) is 18.2 Å². The molecule has 3 amide bonds. The molecule has 0 fully saturated rings. The number of fused-ring (bicyclic) bond motifs is 1. The summed E-state index contributed by atoms with van der Waals surface area (Å²) in [5.41, 5.74) is 5.17. The van der Waals surface area contributed by atoms with Gasteiger partial charge in [-0.2, -0.15) is 13.2 Å². The maximum Gasteiger partial charge on any atom is 0.416 e. The highest BCUT2D eigenvalue weighted by Crippen LogP contribution is 2.34. The van der Waals surface area contributed by atoms with Crippen molar-refractivity contribution in [1.82, 2.24) is 14.9 Å². The Morgan fingerprint density at radius 1 is 0.925 bits per heavy atom. The van der Waals surface area contributed by atoms with Crippen LogP contribution in [0, 0.1) is 13.8 Å². The zero-order chi connectivity index (χ0) is 28.6. The van der Waals surface area contributed by atoms with E-state index in [0.717, 1.165) is 39.9 Å². The van der Waals surface area contributed by atoms with Crippen LogP contribution in [-0.2, 0) is 17.5 Å². The molecular weight excluding hydrogens is 521 g/mol. The van der Waals surface area contributed by atoms with Crippen LogP contribution in [-0.4, -0.2) is 34.2 Å². The van der Waals surface area contributed by atoms with E-state index in [0.29, 0.717) is 23.6 Å². The van der Waals surface area contributed by atoms with Gasteiger partial charge in [-0.05, 0) is 72.5 Å². The molecule has 0 saturated heterocycles. The number of imidazole rings is 1. The molecule has 0 unspecified atom stereocenters. The molecule has 1 aliphatic rings. The van der Waals surface area contributed by atoms with E-state index in [-0.39, 0.29) is 17.3 Å². The van der Waals surface area contributed by atoms with Crippen molar-refractivity contribution >= 4 is 29.0 Å². The van der Waals surface area contributed by atoms with Crippen LogP contribution < -0.4 is 16.0 Å². The van der Waals surface area contributed by atoms with Crippen LogP contribution >= 0.6 is 0 Å². The van der Waals surface area contributed by atoms with Gasteiger partial charge < -0.3 is 20.5 Å². The number of carbonyl (C=O) groups excluding carboxylic acids is 2. The smallest absolute Gasteiger partial charge is 0.354 e. The van der Waals surface area contributed by atoms with E-state index >= 15 is 0 Å². The summed E-state index contributed by atoms with van der Waals surface area (Å²) in [5.74, 6) is -0.243. The second-order valence-corrected chi connectivity index (χ2v) is 9.41. The van der Waals surface area contributed by atoms with Crippen LogP contribution in [0.15, 0.2) is 72.1 Å². The number of aromatic nitrogens is 2. The highest BCUT2D eigenvalue weighted by Gasteiger charge is 2.31. The second kappa shape index (κ2) is 10.3. The SMILES string of the molecule is CNC(=O)C1=NCc2cc(-c3cc(NC(=O)Nc4cc(-n5cnc(C)c5)cc(C(F)(F)F)c4)ccc3C)ccc21. The van der Waals surface area contributed by atoms with Crippen molar-refractivity contribution in [1.29, 1.82) is 0 Å². The molecular formula is C29H25F3N6O2. The van der Waals surface area contributed by atoms with Crippen LogP contribution in [0.2, 0.25) is 0 Å². The minimum atomic E-state index is -4.60. The van der Waals surface area contributed by atoms with E-state index in [1.807, 2.05) is 31.2 Å². The van der Waals surface area contributed by atoms with Crippen LogP contribution in [0.5, 0.6) is 0 Å². The summed E-state index contributed by atoms with van der Waals surface area (Å²) in [4.78, 5) is 33.3. The highest BCUT2D eigenvalue weighted by atomic mass is 19.4. The largest absolute Gasteiger partial charge is 0.416 e.